The molecule has 0 atom stereocenters. The number of hydrogen-bond donors (Lipinski definition) is 1. The Labute approximate surface area is 108 Å². The van der Waals surface area contributed by atoms with Crippen molar-refractivity contribution >= 4 is 46.4 Å². The van der Waals surface area contributed by atoms with Crippen LogP contribution in [-0.4, -0.2) is 6.54 Å². The molecule has 0 aliphatic carbocycles. The van der Waals surface area contributed by atoms with Gasteiger partial charge < -0.3 is 5.73 Å². The zero-order valence-electron chi connectivity index (χ0n) is 7.58. The average molecular weight is 283 g/mol. The van der Waals surface area contributed by atoms with Gasteiger partial charge in [0, 0.05) is 13.0 Å². The first-order valence-corrected chi connectivity index (χ1v) is 5.61. The summed E-state index contributed by atoms with van der Waals surface area (Å²) in [4.78, 5) is 0. The lowest BCUT2D eigenvalue weighted by Crippen LogP contribution is -1.95. The molecule has 1 aromatic rings. The van der Waals surface area contributed by atoms with E-state index in [1.54, 1.807) is 0 Å². The standard InChI is InChI=1S/C10H7Cl4N/c11-7-5-8(12)10(14)6(9(7)13)3-1-2-4-15/h5H,2,4,15H2. The SMILES string of the molecule is NCCC#Cc1c(Cl)c(Cl)cc(Cl)c1Cl. The molecular weight excluding hydrogens is 276 g/mol. The first kappa shape index (κ1) is 13.0. The second-order valence-corrected chi connectivity index (χ2v) is 4.25. The minimum absolute atomic E-state index is 0.315. The van der Waals surface area contributed by atoms with Crippen LogP contribution in [-0.2, 0) is 0 Å². The van der Waals surface area contributed by atoms with Gasteiger partial charge in [0.25, 0.3) is 0 Å². The Bertz CT molecular complexity index is 405. The van der Waals surface area contributed by atoms with E-state index in [1.807, 2.05) is 0 Å². The lowest BCUT2D eigenvalue weighted by atomic mass is 10.2. The molecule has 0 spiro atoms. The van der Waals surface area contributed by atoms with Gasteiger partial charge in [0.1, 0.15) is 0 Å². The molecule has 0 saturated carbocycles. The van der Waals surface area contributed by atoms with E-state index in [2.05, 4.69) is 11.8 Å². The third kappa shape index (κ3) is 3.17. The monoisotopic (exact) mass is 281 g/mol. The molecule has 80 valence electrons. The highest BCUT2D eigenvalue weighted by Crippen LogP contribution is 2.36. The molecule has 0 aliphatic rings. The second-order valence-electron chi connectivity index (χ2n) is 2.68. The molecule has 5 heteroatoms. The van der Waals surface area contributed by atoms with Gasteiger partial charge in [-0.05, 0) is 6.07 Å². The van der Waals surface area contributed by atoms with E-state index < -0.39 is 0 Å². The Morgan fingerprint density at radius 2 is 1.60 bits per heavy atom. The summed E-state index contributed by atoms with van der Waals surface area (Å²) in [6.45, 7) is 0.483. The molecule has 2 N–H and O–H groups in total. The van der Waals surface area contributed by atoms with Crippen LogP contribution in [0.5, 0.6) is 0 Å². The van der Waals surface area contributed by atoms with E-state index in [9.17, 15) is 0 Å². The molecule has 0 unspecified atom stereocenters. The first-order valence-electron chi connectivity index (χ1n) is 4.10. The second kappa shape index (κ2) is 5.84. The largest absolute Gasteiger partial charge is 0.330 e. The van der Waals surface area contributed by atoms with Crippen LogP contribution in [0.1, 0.15) is 12.0 Å². The molecule has 0 fully saturated rings. The van der Waals surface area contributed by atoms with Crippen molar-refractivity contribution in [3.63, 3.8) is 0 Å². The van der Waals surface area contributed by atoms with Crippen LogP contribution in [0.2, 0.25) is 20.1 Å². The topological polar surface area (TPSA) is 26.0 Å². The fourth-order valence-corrected chi connectivity index (χ4v) is 1.81. The van der Waals surface area contributed by atoms with Gasteiger partial charge in [0.15, 0.2) is 0 Å². The summed E-state index contributed by atoms with van der Waals surface area (Å²) in [5.41, 5.74) is 5.76. The third-order valence-electron chi connectivity index (χ3n) is 1.59. The Balaban J connectivity index is 3.23. The summed E-state index contributed by atoms with van der Waals surface area (Å²) in [7, 11) is 0. The molecular formula is C10H7Cl4N. The van der Waals surface area contributed by atoms with Gasteiger partial charge in [-0.25, -0.2) is 0 Å². The van der Waals surface area contributed by atoms with Crippen LogP contribution in [0.25, 0.3) is 0 Å². The van der Waals surface area contributed by atoms with Crippen molar-refractivity contribution in [3.05, 3.63) is 31.7 Å². The summed E-state index contributed by atoms with van der Waals surface area (Å²) in [5.74, 6) is 5.63. The molecule has 0 radical (unpaired) electrons. The summed E-state index contributed by atoms with van der Waals surface area (Å²) < 4.78 is 0. The molecule has 1 nitrogen and oxygen atoms in total. The zero-order chi connectivity index (χ0) is 11.4. The minimum atomic E-state index is 0.315. The average Bonchev–Trinajstić information content (AvgIpc) is 2.20. The molecule has 0 aliphatic heterocycles. The third-order valence-corrected chi connectivity index (χ3v) is 3.17. The van der Waals surface area contributed by atoms with Gasteiger partial charge in [-0.3, -0.25) is 0 Å². The van der Waals surface area contributed by atoms with Gasteiger partial charge in [-0.2, -0.15) is 0 Å². The van der Waals surface area contributed by atoms with Crippen molar-refractivity contribution in [2.24, 2.45) is 5.73 Å². The van der Waals surface area contributed by atoms with Gasteiger partial charge in [0.05, 0.1) is 25.7 Å². The van der Waals surface area contributed by atoms with Gasteiger partial charge in [0.2, 0.25) is 0 Å². The highest BCUT2D eigenvalue weighted by molar-refractivity contribution is 6.48. The number of hydrogen-bond acceptors (Lipinski definition) is 1. The van der Waals surface area contributed by atoms with E-state index in [0.29, 0.717) is 38.6 Å². The number of benzene rings is 1. The van der Waals surface area contributed by atoms with E-state index in [-0.39, 0.29) is 0 Å². The van der Waals surface area contributed by atoms with Crippen molar-refractivity contribution in [1.29, 1.82) is 0 Å². The quantitative estimate of drug-likeness (QED) is 0.611. The van der Waals surface area contributed by atoms with Gasteiger partial charge in [-0.15, -0.1) is 0 Å². The predicted molar refractivity (Wildman–Crippen MR) is 67.0 cm³/mol. The molecule has 1 rings (SSSR count). The molecule has 1 aromatic carbocycles. The summed E-state index contributed by atoms with van der Waals surface area (Å²) >= 11 is 23.6. The Hall–Kier alpha value is -0.100. The summed E-state index contributed by atoms with van der Waals surface area (Å²) in [6, 6.07) is 1.49. The van der Waals surface area contributed by atoms with E-state index >= 15 is 0 Å². The van der Waals surface area contributed by atoms with Crippen molar-refractivity contribution in [2.45, 2.75) is 6.42 Å². The Morgan fingerprint density at radius 1 is 1.07 bits per heavy atom. The van der Waals surface area contributed by atoms with Crippen LogP contribution >= 0.6 is 46.4 Å². The molecule has 0 aromatic heterocycles. The van der Waals surface area contributed by atoms with Crippen LogP contribution in [0.15, 0.2) is 6.07 Å². The van der Waals surface area contributed by atoms with Crippen LogP contribution in [0, 0.1) is 11.8 Å². The molecule has 0 bridgehead atoms. The smallest absolute Gasteiger partial charge is 0.0764 e. The summed E-state index contributed by atoms with van der Waals surface area (Å²) in [5, 5.41) is 1.30. The minimum Gasteiger partial charge on any atom is -0.330 e. The maximum Gasteiger partial charge on any atom is 0.0764 e. The zero-order valence-corrected chi connectivity index (χ0v) is 10.6. The van der Waals surface area contributed by atoms with Gasteiger partial charge >= 0.3 is 0 Å². The lowest BCUT2D eigenvalue weighted by Gasteiger charge is -2.04. The fraction of sp³-hybridized carbons (Fsp3) is 0.200. The summed E-state index contributed by atoms with van der Waals surface area (Å²) in [6.07, 6.45) is 0.566. The van der Waals surface area contributed by atoms with Gasteiger partial charge in [-0.1, -0.05) is 58.2 Å². The fourth-order valence-electron chi connectivity index (χ4n) is 0.906. The molecule has 15 heavy (non-hydrogen) atoms. The normalized spacial score (nSPS) is 9.67. The highest BCUT2D eigenvalue weighted by atomic mass is 35.5. The first-order chi connectivity index (χ1) is 7.07. The van der Waals surface area contributed by atoms with Crippen molar-refractivity contribution < 1.29 is 0 Å². The van der Waals surface area contributed by atoms with E-state index in [1.165, 1.54) is 6.07 Å². The van der Waals surface area contributed by atoms with Crippen molar-refractivity contribution in [1.82, 2.24) is 0 Å². The number of rotatable bonds is 1. The van der Waals surface area contributed by atoms with E-state index in [0.717, 1.165) is 0 Å². The van der Waals surface area contributed by atoms with E-state index in [4.69, 9.17) is 52.1 Å². The van der Waals surface area contributed by atoms with Crippen molar-refractivity contribution in [3.8, 4) is 11.8 Å². The number of halogens is 4. The predicted octanol–water partition coefficient (Wildman–Crippen LogP) is 4.00. The van der Waals surface area contributed by atoms with Crippen LogP contribution < -0.4 is 5.73 Å². The Morgan fingerprint density at radius 3 is 2.07 bits per heavy atom. The molecule has 0 saturated heterocycles. The van der Waals surface area contributed by atoms with Crippen LogP contribution in [0.3, 0.4) is 0 Å². The molecule has 0 heterocycles. The highest BCUT2D eigenvalue weighted by Gasteiger charge is 2.11. The molecule has 0 amide bonds. The Kier molecular flexibility index (Phi) is 5.05. The maximum atomic E-state index is 5.94. The lowest BCUT2D eigenvalue weighted by molar-refractivity contribution is 1.03. The number of nitrogens with two attached hydrogens (primary N) is 1. The van der Waals surface area contributed by atoms with Crippen LogP contribution in [0.4, 0.5) is 0 Å². The maximum absolute atomic E-state index is 5.94. The van der Waals surface area contributed by atoms with Crippen molar-refractivity contribution in [2.75, 3.05) is 6.54 Å².